The van der Waals surface area contributed by atoms with Crippen molar-refractivity contribution >= 4 is 29.2 Å². The standard InChI is InChI=1S/C21H20N6O2S/c1-24-17-16(13-2-3-13)15(12-22)21(26-20(17)27-8-10-29-11-9-27)30-18(19(23)28)14-4-6-25-7-5-14/h4-7,13,18H,2-3,8-11H2,(H2,23,28). The van der Waals surface area contributed by atoms with Crippen molar-refractivity contribution in [1.82, 2.24) is 9.97 Å². The summed E-state index contributed by atoms with van der Waals surface area (Å²) in [6.07, 6.45) is 5.08. The first kappa shape index (κ1) is 20.1. The van der Waals surface area contributed by atoms with Gasteiger partial charge in [-0.3, -0.25) is 9.78 Å². The molecule has 1 atom stereocenters. The zero-order valence-electron chi connectivity index (χ0n) is 16.2. The minimum absolute atomic E-state index is 0.179. The SMILES string of the molecule is [C-]#[N+]c1c(N2CCOCC2)nc(SC(C(N)=O)c2ccncc2)c(C#N)c1C1CC1. The van der Waals surface area contributed by atoms with Crippen LogP contribution < -0.4 is 10.6 Å². The number of hydrogen-bond acceptors (Lipinski definition) is 7. The van der Waals surface area contributed by atoms with Gasteiger partial charge in [0.05, 0.1) is 25.3 Å². The molecule has 9 heteroatoms. The zero-order chi connectivity index (χ0) is 21.1. The average Bonchev–Trinajstić information content (AvgIpc) is 3.62. The number of anilines is 1. The molecule has 30 heavy (non-hydrogen) atoms. The van der Waals surface area contributed by atoms with Crippen LogP contribution in [0.4, 0.5) is 11.5 Å². The fraction of sp³-hybridized carbons (Fsp3) is 0.381. The van der Waals surface area contributed by atoms with E-state index in [0.717, 1.165) is 30.2 Å². The number of primary amides is 1. The van der Waals surface area contributed by atoms with Crippen LogP contribution in [0.3, 0.4) is 0 Å². The summed E-state index contributed by atoms with van der Waals surface area (Å²) in [5.74, 6) is 0.223. The highest BCUT2D eigenvalue weighted by atomic mass is 32.2. The van der Waals surface area contributed by atoms with Gasteiger partial charge in [-0.15, -0.1) is 0 Å². The molecular formula is C21H20N6O2S. The Kier molecular flexibility index (Phi) is 5.84. The number of rotatable bonds is 6. The summed E-state index contributed by atoms with van der Waals surface area (Å²) < 4.78 is 5.44. The number of ether oxygens (including phenoxy) is 1. The summed E-state index contributed by atoms with van der Waals surface area (Å²) in [4.78, 5) is 26.8. The molecule has 1 saturated carbocycles. The lowest BCUT2D eigenvalue weighted by atomic mass is 10.0. The second-order valence-corrected chi connectivity index (χ2v) is 8.25. The van der Waals surface area contributed by atoms with Gasteiger partial charge >= 0.3 is 0 Å². The number of aromatic nitrogens is 2. The molecule has 2 N–H and O–H groups in total. The van der Waals surface area contributed by atoms with Gasteiger partial charge in [0.15, 0.2) is 0 Å². The Morgan fingerprint density at radius 3 is 2.63 bits per heavy atom. The molecule has 0 spiro atoms. The number of nitrogens with zero attached hydrogens (tertiary/aromatic N) is 5. The van der Waals surface area contributed by atoms with Gasteiger partial charge in [-0.1, -0.05) is 11.8 Å². The van der Waals surface area contributed by atoms with Crippen LogP contribution in [-0.4, -0.2) is 42.2 Å². The molecule has 2 aromatic heterocycles. The quantitative estimate of drug-likeness (QED) is 0.565. The lowest BCUT2D eigenvalue weighted by molar-refractivity contribution is -0.117. The zero-order valence-corrected chi connectivity index (χ0v) is 17.1. The van der Waals surface area contributed by atoms with Crippen LogP contribution >= 0.6 is 11.8 Å². The van der Waals surface area contributed by atoms with Crippen LogP contribution in [0.5, 0.6) is 0 Å². The minimum Gasteiger partial charge on any atom is -0.378 e. The van der Waals surface area contributed by atoms with E-state index in [-0.39, 0.29) is 5.92 Å². The number of carbonyl (C=O) groups excluding carboxylic acids is 1. The number of carbonyl (C=O) groups is 1. The van der Waals surface area contributed by atoms with Crippen LogP contribution in [0.15, 0.2) is 29.6 Å². The number of thioether (sulfide) groups is 1. The number of morpholine rings is 1. The molecule has 152 valence electrons. The van der Waals surface area contributed by atoms with Gasteiger partial charge in [0.25, 0.3) is 0 Å². The lowest BCUT2D eigenvalue weighted by Crippen LogP contribution is -2.37. The third kappa shape index (κ3) is 3.95. The Bertz CT molecular complexity index is 1040. The molecule has 1 aliphatic carbocycles. The summed E-state index contributed by atoms with van der Waals surface area (Å²) in [6, 6.07) is 5.71. The molecule has 8 nitrogen and oxygen atoms in total. The largest absolute Gasteiger partial charge is 0.378 e. The first-order chi connectivity index (χ1) is 14.6. The van der Waals surface area contributed by atoms with Crippen molar-refractivity contribution in [2.75, 3.05) is 31.2 Å². The molecule has 2 aliphatic rings. The third-order valence-electron chi connectivity index (χ3n) is 5.17. The Morgan fingerprint density at radius 2 is 2.07 bits per heavy atom. The highest BCUT2D eigenvalue weighted by molar-refractivity contribution is 8.00. The van der Waals surface area contributed by atoms with Gasteiger partial charge in [-0.25, -0.2) is 9.83 Å². The molecule has 0 radical (unpaired) electrons. The maximum absolute atomic E-state index is 12.2. The maximum atomic E-state index is 12.2. The fourth-order valence-corrected chi connectivity index (χ4v) is 4.61. The van der Waals surface area contributed by atoms with E-state index < -0.39 is 11.2 Å². The van der Waals surface area contributed by atoms with E-state index in [1.54, 1.807) is 24.5 Å². The summed E-state index contributed by atoms with van der Waals surface area (Å²) >= 11 is 1.16. The number of pyridine rings is 2. The topological polar surface area (TPSA) is 109 Å². The summed E-state index contributed by atoms with van der Waals surface area (Å²) in [5.41, 5.74) is 7.97. The van der Waals surface area contributed by atoms with Crippen molar-refractivity contribution in [2.24, 2.45) is 5.73 Å². The lowest BCUT2D eigenvalue weighted by Gasteiger charge is -2.30. The first-order valence-corrected chi connectivity index (χ1v) is 10.6. The number of nitriles is 1. The van der Waals surface area contributed by atoms with Crippen LogP contribution in [-0.2, 0) is 9.53 Å². The fourth-order valence-electron chi connectivity index (χ4n) is 3.57. The van der Waals surface area contributed by atoms with Crippen LogP contribution in [0.2, 0.25) is 0 Å². The van der Waals surface area contributed by atoms with E-state index in [4.69, 9.17) is 22.0 Å². The molecule has 1 aliphatic heterocycles. The second-order valence-electron chi connectivity index (χ2n) is 7.16. The summed E-state index contributed by atoms with van der Waals surface area (Å²) in [5, 5.41) is 9.68. The number of amides is 1. The van der Waals surface area contributed by atoms with Crippen LogP contribution in [0, 0.1) is 17.9 Å². The first-order valence-electron chi connectivity index (χ1n) is 9.68. The Labute approximate surface area is 178 Å². The number of hydrogen-bond donors (Lipinski definition) is 1. The predicted octanol–water partition coefficient (Wildman–Crippen LogP) is 2.93. The maximum Gasteiger partial charge on any atom is 0.235 e. The second kappa shape index (κ2) is 8.70. The van der Waals surface area contributed by atoms with Crippen molar-refractivity contribution in [3.63, 3.8) is 0 Å². The van der Waals surface area contributed by atoms with E-state index in [1.165, 1.54) is 0 Å². The van der Waals surface area contributed by atoms with Gasteiger partial charge in [-0.05, 0) is 42.0 Å². The van der Waals surface area contributed by atoms with E-state index in [0.29, 0.717) is 54.0 Å². The number of nitrogens with two attached hydrogens (primary N) is 1. The highest BCUT2D eigenvalue weighted by Crippen LogP contribution is 2.51. The molecule has 2 fully saturated rings. The van der Waals surface area contributed by atoms with Gasteiger partial charge < -0.3 is 15.4 Å². The normalized spacial score (nSPS) is 17.1. The molecule has 2 aromatic rings. The van der Waals surface area contributed by atoms with Gasteiger partial charge in [-0.2, -0.15) is 5.26 Å². The van der Waals surface area contributed by atoms with Gasteiger partial charge in [0.1, 0.15) is 22.2 Å². The molecule has 3 heterocycles. The highest BCUT2D eigenvalue weighted by Gasteiger charge is 2.35. The van der Waals surface area contributed by atoms with Gasteiger partial charge in [0, 0.05) is 25.5 Å². The van der Waals surface area contributed by atoms with Crippen molar-refractivity contribution in [2.45, 2.75) is 29.0 Å². The van der Waals surface area contributed by atoms with Gasteiger partial charge in [0.2, 0.25) is 11.6 Å². The monoisotopic (exact) mass is 420 g/mol. The van der Waals surface area contributed by atoms with E-state index >= 15 is 0 Å². The van der Waals surface area contributed by atoms with Crippen molar-refractivity contribution in [3.05, 3.63) is 52.6 Å². The summed E-state index contributed by atoms with van der Waals surface area (Å²) in [7, 11) is 0. The van der Waals surface area contributed by atoms with Crippen molar-refractivity contribution in [1.29, 1.82) is 5.26 Å². The summed E-state index contributed by atoms with van der Waals surface area (Å²) in [6.45, 7) is 10.1. The third-order valence-corrected chi connectivity index (χ3v) is 6.43. The molecule has 4 rings (SSSR count). The molecule has 1 saturated heterocycles. The van der Waals surface area contributed by atoms with E-state index in [2.05, 4.69) is 15.9 Å². The minimum atomic E-state index is -0.712. The van der Waals surface area contributed by atoms with Crippen LogP contribution in [0.25, 0.3) is 4.85 Å². The Balaban J connectivity index is 1.84. The molecular weight excluding hydrogens is 400 g/mol. The van der Waals surface area contributed by atoms with Crippen LogP contribution in [0.1, 0.15) is 40.7 Å². The predicted molar refractivity (Wildman–Crippen MR) is 112 cm³/mol. The molecule has 0 aromatic carbocycles. The van der Waals surface area contributed by atoms with E-state index in [1.807, 2.05) is 4.90 Å². The molecule has 1 amide bonds. The Hall–Kier alpha value is -3.14. The van der Waals surface area contributed by atoms with Crippen molar-refractivity contribution in [3.8, 4) is 6.07 Å². The molecule has 0 bridgehead atoms. The van der Waals surface area contributed by atoms with Crippen molar-refractivity contribution < 1.29 is 9.53 Å². The smallest absolute Gasteiger partial charge is 0.235 e. The Morgan fingerprint density at radius 1 is 1.37 bits per heavy atom. The molecule has 1 unspecified atom stereocenters. The average molecular weight is 420 g/mol. The van der Waals surface area contributed by atoms with E-state index in [9.17, 15) is 10.1 Å².